The van der Waals surface area contributed by atoms with Gasteiger partial charge in [0.1, 0.15) is 5.82 Å². The monoisotopic (exact) mass is 432 g/mol. The van der Waals surface area contributed by atoms with Crippen LogP contribution in [0.4, 0.5) is 15.8 Å². The highest BCUT2D eigenvalue weighted by Gasteiger charge is 2.17. The molecule has 0 aliphatic heterocycles. The van der Waals surface area contributed by atoms with Crippen molar-refractivity contribution in [2.24, 2.45) is 0 Å². The molecule has 4 aromatic rings. The first-order valence-electron chi connectivity index (χ1n) is 9.56. The van der Waals surface area contributed by atoms with E-state index in [0.29, 0.717) is 5.69 Å². The molecule has 4 rings (SSSR count). The highest BCUT2D eigenvalue weighted by atomic mass is 19.1. The Labute approximate surface area is 182 Å². The van der Waals surface area contributed by atoms with Crippen molar-refractivity contribution >= 4 is 17.3 Å². The van der Waals surface area contributed by atoms with Crippen molar-refractivity contribution in [2.75, 3.05) is 5.32 Å². The summed E-state index contributed by atoms with van der Waals surface area (Å²) in [6, 6.07) is 21.7. The molecule has 0 aliphatic rings. The fourth-order valence-electron chi connectivity index (χ4n) is 3.02. The number of hydrogen-bond acceptors (Lipinski definition) is 5. The lowest BCUT2D eigenvalue weighted by molar-refractivity contribution is -0.386. The number of halogens is 1. The maximum atomic E-state index is 13.4. The van der Waals surface area contributed by atoms with Crippen molar-refractivity contribution in [1.82, 2.24) is 9.78 Å². The molecule has 9 heteroatoms. The second-order valence-electron chi connectivity index (χ2n) is 6.78. The van der Waals surface area contributed by atoms with Crippen LogP contribution in [0.25, 0.3) is 11.1 Å². The van der Waals surface area contributed by atoms with E-state index < -0.39 is 16.6 Å². The molecule has 160 valence electrons. The number of carbonyl (C=O) groups is 1. The van der Waals surface area contributed by atoms with Crippen molar-refractivity contribution < 1.29 is 18.8 Å². The number of nitro benzene ring substituents is 1. The van der Waals surface area contributed by atoms with Gasteiger partial charge in [-0.3, -0.25) is 14.9 Å². The molecule has 3 aromatic carbocycles. The van der Waals surface area contributed by atoms with Gasteiger partial charge in [-0.1, -0.05) is 42.5 Å². The van der Waals surface area contributed by atoms with Crippen molar-refractivity contribution in [3.05, 3.63) is 107 Å². The smallest absolute Gasteiger partial charge is 0.311 e. The first-order chi connectivity index (χ1) is 15.5. The lowest BCUT2D eigenvalue weighted by Gasteiger charge is -2.07. The van der Waals surface area contributed by atoms with Crippen molar-refractivity contribution in [2.45, 2.75) is 6.73 Å². The number of amides is 1. The maximum absolute atomic E-state index is 13.4. The van der Waals surface area contributed by atoms with Gasteiger partial charge in [0.2, 0.25) is 5.75 Å². The highest BCUT2D eigenvalue weighted by Crippen LogP contribution is 2.27. The van der Waals surface area contributed by atoms with Crippen LogP contribution in [0.2, 0.25) is 0 Å². The van der Waals surface area contributed by atoms with Crippen LogP contribution in [0, 0.1) is 15.9 Å². The van der Waals surface area contributed by atoms with Crippen LogP contribution < -0.4 is 10.1 Å². The first kappa shape index (κ1) is 20.7. The van der Waals surface area contributed by atoms with Crippen LogP contribution in [0.5, 0.6) is 5.75 Å². The minimum atomic E-state index is -0.667. The summed E-state index contributed by atoms with van der Waals surface area (Å²) in [7, 11) is 0. The molecule has 8 nitrogen and oxygen atoms in total. The number of hydrogen-bond donors (Lipinski definition) is 1. The summed E-state index contributed by atoms with van der Waals surface area (Å²) in [5.74, 6) is -1.31. The van der Waals surface area contributed by atoms with Gasteiger partial charge in [-0.15, -0.1) is 0 Å². The third-order valence-corrected chi connectivity index (χ3v) is 4.59. The average Bonchev–Trinajstić information content (AvgIpc) is 3.28. The predicted molar refractivity (Wildman–Crippen MR) is 116 cm³/mol. The van der Waals surface area contributed by atoms with Crippen LogP contribution in [0.15, 0.2) is 85.1 Å². The van der Waals surface area contributed by atoms with E-state index in [1.165, 1.54) is 16.9 Å². The maximum Gasteiger partial charge on any atom is 0.311 e. The molecule has 0 radical (unpaired) electrons. The van der Waals surface area contributed by atoms with E-state index in [4.69, 9.17) is 4.74 Å². The van der Waals surface area contributed by atoms with Gasteiger partial charge < -0.3 is 10.1 Å². The van der Waals surface area contributed by atoms with Crippen LogP contribution in [-0.4, -0.2) is 20.6 Å². The SMILES string of the molecule is O=C(Nc1ccc(-c2ccccc2)cc1)c1ccn(COc2cc(F)ccc2[N+](=O)[O-])n1. The summed E-state index contributed by atoms with van der Waals surface area (Å²) in [6.45, 7) is -0.233. The number of nitrogens with one attached hydrogen (secondary N) is 1. The van der Waals surface area contributed by atoms with Crippen LogP contribution in [0.1, 0.15) is 10.5 Å². The highest BCUT2D eigenvalue weighted by molar-refractivity contribution is 6.02. The van der Waals surface area contributed by atoms with E-state index in [0.717, 1.165) is 29.3 Å². The van der Waals surface area contributed by atoms with Gasteiger partial charge in [0.15, 0.2) is 12.4 Å². The van der Waals surface area contributed by atoms with Gasteiger partial charge in [-0.05, 0) is 35.4 Å². The van der Waals surface area contributed by atoms with E-state index in [1.54, 1.807) is 12.1 Å². The van der Waals surface area contributed by atoms with Crippen LogP contribution in [-0.2, 0) is 6.73 Å². The molecular weight excluding hydrogens is 415 g/mol. The van der Waals surface area contributed by atoms with Gasteiger partial charge >= 0.3 is 5.69 Å². The quantitative estimate of drug-likeness (QED) is 0.331. The Hall–Kier alpha value is -4.53. The molecule has 1 amide bonds. The summed E-state index contributed by atoms with van der Waals surface area (Å²) in [5, 5.41) is 17.9. The van der Waals surface area contributed by atoms with Gasteiger partial charge in [0.05, 0.1) is 4.92 Å². The normalized spacial score (nSPS) is 10.5. The summed E-state index contributed by atoms with van der Waals surface area (Å²) in [4.78, 5) is 22.9. The number of benzene rings is 3. The fraction of sp³-hybridized carbons (Fsp3) is 0.0435. The summed E-state index contributed by atoms with van der Waals surface area (Å²) < 4.78 is 20.0. The third kappa shape index (κ3) is 4.78. The summed E-state index contributed by atoms with van der Waals surface area (Å²) in [5.41, 5.74) is 2.47. The van der Waals surface area contributed by atoms with Crippen molar-refractivity contribution in [1.29, 1.82) is 0 Å². The topological polar surface area (TPSA) is 99.3 Å². The van der Waals surface area contributed by atoms with Gasteiger partial charge in [-0.25, -0.2) is 9.07 Å². The lowest BCUT2D eigenvalue weighted by atomic mass is 10.1. The molecule has 0 saturated carbocycles. The van der Waals surface area contributed by atoms with Gasteiger partial charge in [0, 0.05) is 24.0 Å². The first-order valence-corrected chi connectivity index (χ1v) is 9.56. The molecule has 0 bridgehead atoms. The molecule has 32 heavy (non-hydrogen) atoms. The van der Waals surface area contributed by atoms with E-state index in [2.05, 4.69) is 10.4 Å². The number of carbonyl (C=O) groups excluding carboxylic acids is 1. The minimum absolute atomic E-state index is 0.134. The Bertz CT molecular complexity index is 1260. The van der Waals surface area contributed by atoms with Crippen molar-refractivity contribution in [3.8, 4) is 16.9 Å². The molecular formula is C23H17FN4O4. The summed E-state index contributed by atoms with van der Waals surface area (Å²) in [6.07, 6.45) is 1.48. The summed E-state index contributed by atoms with van der Waals surface area (Å²) >= 11 is 0. The molecule has 1 heterocycles. The fourth-order valence-corrected chi connectivity index (χ4v) is 3.02. The molecule has 1 aromatic heterocycles. The molecule has 0 aliphatic carbocycles. The van der Waals surface area contributed by atoms with E-state index >= 15 is 0 Å². The zero-order chi connectivity index (χ0) is 22.5. The van der Waals surface area contributed by atoms with Crippen molar-refractivity contribution in [3.63, 3.8) is 0 Å². The number of rotatable bonds is 7. The largest absolute Gasteiger partial charge is 0.464 e. The lowest BCUT2D eigenvalue weighted by Crippen LogP contribution is -2.14. The molecule has 0 fully saturated rings. The number of nitro groups is 1. The van der Waals surface area contributed by atoms with E-state index in [-0.39, 0.29) is 23.9 Å². The number of nitrogens with zero attached hydrogens (tertiary/aromatic N) is 3. The second kappa shape index (κ2) is 9.09. The number of anilines is 1. The zero-order valence-electron chi connectivity index (χ0n) is 16.6. The van der Waals surface area contributed by atoms with Gasteiger partial charge in [-0.2, -0.15) is 5.10 Å². The minimum Gasteiger partial charge on any atom is -0.464 e. The molecule has 0 atom stereocenters. The third-order valence-electron chi connectivity index (χ3n) is 4.59. The van der Waals surface area contributed by atoms with Gasteiger partial charge in [0.25, 0.3) is 5.91 Å². The zero-order valence-corrected chi connectivity index (χ0v) is 16.6. The Balaban J connectivity index is 1.39. The Kier molecular flexibility index (Phi) is 5.89. The Morgan fingerprint density at radius 3 is 2.47 bits per heavy atom. The molecule has 0 unspecified atom stereocenters. The number of ether oxygens (including phenoxy) is 1. The van der Waals surface area contributed by atoms with Crippen LogP contribution >= 0.6 is 0 Å². The Morgan fingerprint density at radius 2 is 1.75 bits per heavy atom. The second-order valence-corrected chi connectivity index (χ2v) is 6.78. The van der Waals surface area contributed by atoms with E-state index in [9.17, 15) is 19.3 Å². The molecule has 0 spiro atoms. The molecule has 1 N–H and O–H groups in total. The van der Waals surface area contributed by atoms with Crippen LogP contribution in [0.3, 0.4) is 0 Å². The average molecular weight is 432 g/mol. The Morgan fingerprint density at radius 1 is 1.03 bits per heavy atom. The molecule has 0 saturated heterocycles. The number of aromatic nitrogens is 2. The van der Waals surface area contributed by atoms with E-state index in [1.807, 2.05) is 42.5 Å². The standard InChI is InChI=1S/C23H17FN4O4/c24-18-8-11-21(28(30)31)22(14-18)32-15-27-13-12-20(26-27)23(29)25-19-9-6-17(7-10-19)16-4-2-1-3-5-16/h1-14H,15H2,(H,25,29). The predicted octanol–water partition coefficient (Wildman–Crippen LogP) is 4.89.